The van der Waals surface area contributed by atoms with E-state index in [2.05, 4.69) is 0 Å². The highest BCUT2D eigenvalue weighted by molar-refractivity contribution is 8.13. The normalized spacial score (nSPS) is 23.9. The maximum absolute atomic E-state index is 12.6. The molecule has 1 fully saturated rings. The van der Waals surface area contributed by atoms with Crippen LogP contribution in [0.4, 0.5) is 0 Å². The monoisotopic (exact) mass is 303 g/mol. The first-order valence-electron chi connectivity index (χ1n) is 6.94. The molecule has 0 aromatic heterocycles. The van der Waals surface area contributed by atoms with Crippen molar-refractivity contribution in [2.45, 2.75) is 38.8 Å². The summed E-state index contributed by atoms with van der Waals surface area (Å²) < 4.78 is 10.4. The van der Waals surface area contributed by atoms with E-state index < -0.39 is 0 Å². The van der Waals surface area contributed by atoms with E-state index in [0.717, 1.165) is 12.8 Å². The third-order valence-electron chi connectivity index (χ3n) is 3.55. The zero-order valence-corrected chi connectivity index (χ0v) is 13.6. The van der Waals surface area contributed by atoms with Crippen molar-refractivity contribution in [2.24, 2.45) is 5.92 Å². The number of likely N-dealkylation sites (tertiary alicyclic amines) is 1. The smallest absolute Gasteiger partial charge is 0.226 e. The fourth-order valence-corrected chi connectivity index (χ4v) is 3.23. The van der Waals surface area contributed by atoms with Gasteiger partial charge >= 0.3 is 0 Å². The van der Waals surface area contributed by atoms with Gasteiger partial charge in [-0.3, -0.25) is 9.59 Å². The van der Waals surface area contributed by atoms with Gasteiger partial charge in [-0.15, -0.1) is 0 Å². The van der Waals surface area contributed by atoms with Crippen molar-refractivity contribution in [3.63, 3.8) is 0 Å². The van der Waals surface area contributed by atoms with Gasteiger partial charge in [-0.1, -0.05) is 18.7 Å². The van der Waals surface area contributed by atoms with E-state index in [4.69, 9.17) is 9.47 Å². The van der Waals surface area contributed by atoms with Crippen LogP contribution in [0.1, 0.15) is 26.7 Å². The Hall–Kier alpha value is -0.590. The molecule has 0 spiro atoms. The van der Waals surface area contributed by atoms with Gasteiger partial charge in [0.2, 0.25) is 5.91 Å². The molecule has 1 aliphatic heterocycles. The molecule has 1 saturated heterocycles. The fourth-order valence-electron chi connectivity index (χ4n) is 2.60. The van der Waals surface area contributed by atoms with Crippen LogP contribution in [0.25, 0.3) is 0 Å². The van der Waals surface area contributed by atoms with Gasteiger partial charge in [-0.25, -0.2) is 0 Å². The van der Waals surface area contributed by atoms with E-state index in [1.165, 1.54) is 18.7 Å². The number of rotatable bonds is 7. The summed E-state index contributed by atoms with van der Waals surface area (Å²) in [6.07, 6.45) is 1.89. The second-order valence-corrected chi connectivity index (χ2v) is 6.44. The summed E-state index contributed by atoms with van der Waals surface area (Å²) in [5.74, 6) is 0.463. The van der Waals surface area contributed by atoms with Gasteiger partial charge in [-0.05, 0) is 12.8 Å². The van der Waals surface area contributed by atoms with E-state index in [-0.39, 0.29) is 29.0 Å². The quantitative estimate of drug-likeness (QED) is 0.714. The highest BCUT2D eigenvalue weighted by Crippen LogP contribution is 2.27. The predicted octanol–water partition coefficient (Wildman–Crippen LogP) is 1.55. The summed E-state index contributed by atoms with van der Waals surface area (Å²) in [6.45, 7) is 4.51. The molecular weight excluding hydrogens is 278 g/mol. The first-order valence-corrected chi connectivity index (χ1v) is 7.93. The maximum atomic E-state index is 12.6. The molecule has 116 valence electrons. The molecule has 3 atom stereocenters. The number of nitrogens with zero attached hydrogens (tertiary/aromatic N) is 1. The Labute approximate surface area is 125 Å². The van der Waals surface area contributed by atoms with Crippen molar-refractivity contribution >= 4 is 22.8 Å². The summed E-state index contributed by atoms with van der Waals surface area (Å²) in [4.78, 5) is 25.6. The molecule has 0 unspecified atom stereocenters. The number of hydrogen-bond donors (Lipinski definition) is 0. The Morgan fingerprint density at radius 3 is 2.10 bits per heavy atom. The summed E-state index contributed by atoms with van der Waals surface area (Å²) in [6, 6.07) is 0.245. The molecule has 0 radical (unpaired) electrons. The van der Waals surface area contributed by atoms with Crippen molar-refractivity contribution in [3.05, 3.63) is 0 Å². The van der Waals surface area contributed by atoms with Crippen LogP contribution < -0.4 is 0 Å². The second kappa shape index (κ2) is 8.64. The highest BCUT2D eigenvalue weighted by Gasteiger charge is 2.38. The molecule has 0 aromatic carbocycles. The summed E-state index contributed by atoms with van der Waals surface area (Å²) in [7, 11) is 3.31. The third-order valence-corrected chi connectivity index (χ3v) is 4.62. The van der Waals surface area contributed by atoms with Crippen molar-refractivity contribution < 1.29 is 19.1 Å². The zero-order chi connectivity index (χ0) is 15.1. The SMILES string of the molecule is COC[C@@H]1CC[C@@H](COC)N1C(=O)[C@@H](C)CSC(C)=O. The van der Waals surface area contributed by atoms with E-state index in [1.807, 2.05) is 11.8 Å². The van der Waals surface area contributed by atoms with Crippen LogP contribution in [0.15, 0.2) is 0 Å². The number of ether oxygens (including phenoxy) is 2. The minimum Gasteiger partial charge on any atom is -0.383 e. The molecule has 0 saturated carbocycles. The van der Waals surface area contributed by atoms with Crippen molar-refractivity contribution in [3.8, 4) is 0 Å². The van der Waals surface area contributed by atoms with Gasteiger partial charge in [-0.2, -0.15) is 0 Å². The molecule has 1 amide bonds. The molecule has 6 heteroatoms. The molecular formula is C14H25NO4S. The Morgan fingerprint density at radius 1 is 1.20 bits per heavy atom. The van der Waals surface area contributed by atoms with Crippen LogP contribution in [0.2, 0.25) is 0 Å². The van der Waals surface area contributed by atoms with Crippen LogP contribution in [-0.4, -0.2) is 61.2 Å². The predicted molar refractivity (Wildman–Crippen MR) is 79.7 cm³/mol. The van der Waals surface area contributed by atoms with E-state index in [9.17, 15) is 9.59 Å². The Morgan fingerprint density at radius 2 is 1.70 bits per heavy atom. The standard InChI is InChI=1S/C14H25NO4S/c1-10(9-20-11(2)16)14(17)15-12(7-18-3)5-6-13(15)8-19-4/h10,12-13H,5-9H2,1-4H3/t10-,12-,13-/m0/s1. The number of amides is 1. The lowest BCUT2D eigenvalue weighted by Crippen LogP contribution is -2.47. The van der Waals surface area contributed by atoms with Crippen LogP contribution in [0.5, 0.6) is 0 Å². The molecule has 0 N–H and O–H groups in total. The van der Waals surface area contributed by atoms with Gasteiger partial charge in [0.15, 0.2) is 5.12 Å². The van der Waals surface area contributed by atoms with Crippen LogP contribution in [-0.2, 0) is 19.1 Å². The largest absolute Gasteiger partial charge is 0.383 e. The Balaban J connectivity index is 2.69. The highest BCUT2D eigenvalue weighted by atomic mass is 32.2. The first kappa shape index (κ1) is 17.5. The van der Waals surface area contributed by atoms with E-state index in [1.54, 1.807) is 14.2 Å². The number of hydrogen-bond acceptors (Lipinski definition) is 5. The summed E-state index contributed by atoms with van der Waals surface area (Å²) in [5, 5.41) is 0.0490. The lowest BCUT2D eigenvalue weighted by Gasteiger charge is -2.32. The molecule has 1 heterocycles. The Bertz CT molecular complexity index is 323. The molecule has 0 aliphatic carbocycles. The Kier molecular flexibility index (Phi) is 7.55. The van der Waals surface area contributed by atoms with Gasteiger partial charge < -0.3 is 14.4 Å². The molecule has 20 heavy (non-hydrogen) atoms. The zero-order valence-electron chi connectivity index (χ0n) is 12.8. The van der Waals surface area contributed by atoms with Crippen LogP contribution in [0.3, 0.4) is 0 Å². The minimum atomic E-state index is -0.166. The molecule has 1 aliphatic rings. The summed E-state index contributed by atoms with van der Waals surface area (Å²) >= 11 is 1.21. The molecule has 0 bridgehead atoms. The van der Waals surface area contributed by atoms with Gasteiger partial charge in [0.05, 0.1) is 25.3 Å². The van der Waals surface area contributed by atoms with Gasteiger partial charge in [0.25, 0.3) is 0 Å². The van der Waals surface area contributed by atoms with Crippen LogP contribution >= 0.6 is 11.8 Å². The van der Waals surface area contributed by atoms with E-state index >= 15 is 0 Å². The lowest BCUT2D eigenvalue weighted by molar-refractivity contribution is -0.139. The lowest BCUT2D eigenvalue weighted by atomic mass is 10.1. The summed E-state index contributed by atoms with van der Waals surface area (Å²) in [5.41, 5.74) is 0. The minimum absolute atomic E-state index is 0.0490. The number of thioether (sulfide) groups is 1. The number of carbonyl (C=O) groups excluding carboxylic acids is 2. The number of methoxy groups -OCH3 is 2. The van der Waals surface area contributed by atoms with E-state index in [0.29, 0.717) is 19.0 Å². The maximum Gasteiger partial charge on any atom is 0.226 e. The molecule has 5 nitrogen and oxygen atoms in total. The average molecular weight is 303 g/mol. The van der Waals surface area contributed by atoms with Gasteiger partial charge in [0, 0.05) is 32.8 Å². The van der Waals surface area contributed by atoms with Gasteiger partial charge in [0.1, 0.15) is 0 Å². The van der Waals surface area contributed by atoms with Crippen molar-refractivity contribution in [1.82, 2.24) is 4.90 Å². The topological polar surface area (TPSA) is 55.8 Å². The van der Waals surface area contributed by atoms with Crippen molar-refractivity contribution in [1.29, 1.82) is 0 Å². The first-order chi connectivity index (χ1) is 9.51. The molecule has 0 aromatic rings. The van der Waals surface area contributed by atoms with Crippen molar-refractivity contribution in [2.75, 3.05) is 33.2 Å². The third kappa shape index (κ3) is 4.75. The fraction of sp³-hybridized carbons (Fsp3) is 0.857. The van der Waals surface area contributed by atoms with Crippen LogP contribution in [0, 0.1) is 5.92 Å². The molecule has 1 rings (SSSR count). The number of carbonyl (C=O) groups is 2. The second-order valence-electron chi connectivity index (χ2n) is 5.24. The average Bonchev–Trinajstić information content (AvgIpc) is 2.79.